The van der Waals surface area contributed by atoms with Crippen molar-refractivity contribution in [1.29, 1.82) is 0 Å². The lowest BCUT2D eigenvalue weighted by Gasteiger charge is -2.00. The highest BCUT2D eigenvalue weighted by Gasteiger charge is 2.62. The first kappa shape index (κ1) is 9.30. The van der Waals surface area contributed by atoms with E-state index in [0.717, 1.165) is 0 Å². The zero-order valence-corrected chi connectivity index (χ0v) is 8.09. The molecule has 0 spiro atoms. The molecule has 2 heteroatoms. The average Bonchev–Trinajstić information content (AvgIpc) is 2.52. The summed E-state index contributed by atoms with van der Waals surface area (Å²) in [6, 6.07) is 0. The molecule has 0 aromatic rings. The van der Waals surface area contributed by atoms with Gasteiger partial charge < -0.3 is 5.11 Å². The van der Waals surface area contributed by atoms with Crippen LogP contribution < -0.4 is 0 Å². The minimum atomic E-state index is -0.661. The molecule has 1 aliphatic rings. The lowest BCUT2D eigenvalue weighted by atomic mass is 10.0. The first-order valence-electron chi connectivity index (χ1n) is 4.28. The summed E-state index contributed by atoms with van der Waals surface area (Å²) >= 11 is 0. The first-order chi connectivity index (χ1) is 5.42. The fourth-order valence-corrected chi connectivity index (χ4v) is 2.13. The Morgan fingerprint density at radius 2 is 1.92 bits per heavy atom. The van der Waals surface area contributed by atoms with Gasteiger partial charge in [0.2, 0.25) is 0 Å². The van der Waals surface area contributed by atoms with E-state index >= 15 is 0 Å². The van der Waals surface area contributed by atoms with Crippen LogP contribution in [0.1, 0.15) is 27.7 Å². The highest BCUT2D eigenvalue weighted by atomic mass is 16.4. The van der Waals surface area contributed by atoms with Crippen LogP contribution in [0.4, 0.5) is 0 Å². The summed E-state index contributed by atoms with van der Waals surface area (Å²) in [6.07, 6.45) is 2.01. The van der Waals surface area contributed by atoms with Crippen LogP contribution in [0.3, 0.4) is 0 Å². The molecule has 1 N–H and O–H groups in total. The molecule has 1 fully saturated rings. The summed E-state index contributed by atoms with van der Waals surface area (Å²) in [5, 5.41) is 8.88. The lowest BCUT2D eigenvalue weighted by molar-refractivity contribution is -0.139. The monoisotopic (exact) mass is 168 g/mol. The molecule has 2 nitrogen and oxygen atoms in total. The Balaban J connectivity index is 2.80. The second-order valence-corrected chi connectivity index (χ2v) is 4.15. The topological polar surface area (TPSA) is 37.3 Å². The van der Waals surface area contributed by atoms with Crippen LogP contribution in [0.25, 0.3) is 0 Å². The largest absolute Gasteiger partial charge is 0.481 e. The van der Waals surface area contributed by atoms with Crippen molar-refractivity contribution in [2.45, 2.75) is 27.7 Å². The van der Waals surface area contributed by atoms with E-state index in [-0.39, 0.29) is 17.3 Å². The van der Waals surface area contributed by atoms with Crippen LogP contribution in [-0.4, -0.2) is 11.1 Å². The van der Waals surface area contributed by atoms with Crippen molar-refractivity contribution in [1.82, 2.24) is 0 Å². The van der Waals surface area contributed by atoms with Gasteiger partial charge in [0.15, 0.2) is 0 Å². The fraction of sp³-hybridized carbons (Fsp3) is 0.700. The lowest BCUT2D eigenvalue weighted by Crippen LogP contribution is -2.03. The van der Waals surface area contributed by atoms with Gasteiger partial charge in [-0.15, -0.1) is 0 Å². The van der Waals surface area contributed by atoms with E-state index in [0.29, 0.717) is 0 Å². The van der Waals surface area contributed by atoms with Gasteiger partial charge in [-0.1, -0.05) is 25.5 Å². The zero-order chi connectivity index (χ0) is 9.52. The number of allylic oxidation sites excluding steroid dienone is 2. The van der Waals surface area contributed by atoms with Crippen LogP contribution in [0.2, 0.25) is 0 Å². The van der Waals surface area contributed by atoms with Crippen molar-refractivity contribution in [2.75, 3.05) is 0 Å². The second kappa shape index (κ2) is 2.61. The molecule has 12 heavy (non-hydrogen) atoms. The maximum atomic E-state index is 10.8. The molecule has 2 unspecified atom stereocenters. The van der Waals surface area contributed by atoms with Crippen molar-refractivity contribution < 1.29 is 9.90 Å². The molecule has 1 aliphatic carbocycles. The van der Waals surface area contributed by atoms with E-state index in [9.17, 15) is 4.79 Å². The van der Waals surface area contributed by atoms with Crippen molar-refractivity contribution in [2.24, 2.45) is 17.3 Å². The number of hydrogen-bond acceptors (Lipinski definition) is 1. The molecular formula is C10H16O2. The summed E-state index contributed by atoms with van der Waals surface area (Å²) in [5.74, 6) is -0.583. The maximum absolute atomic E-state index is 10.8. The third kappa shape index (κ3) is 1.15. The Hall–Kier alpha value is -0.790. The highest BCUT2D eigenvalue weighted by molar-refractivity contribution is 5.76. The molecule has 2 atom stereocenters. The van der Waals surface area contributed by atoms with Gasteiger partial charge >= 0.3 is 5.97 Å². The van der Waals surface area contributed by atoms with Gasteiger partial charge in [0.05, 0.1) is 5.92 Å². The van der Waals surface area contributed by atoms with E-state index in [2.05, 4.69) is 0 Å². The number of aliphatic carboxylic acids is 1. The van der Waals surface area contributed by atoms with Crippen molar-refractivity contribution in [3.8, 4) is 0 Å². The van der Waals surface area contributed by atoms with Crippen molar-refractivity contribution >= 4 is 5.97 Å². The highest BCUT2D eigenvalue weighted by Crippen LogP contribution is 2.61. The molecule has 0 bridgehead atoms. The van der Waals surface area contributed by atoms with Gasteiger partial charge in [0.25, 0.3) is 0 Å². The van der Waals surface area contributed by atoms with E-state index in [1.807, 2.05) is 33.8 Å². The van der Waals surface area contributed by atoms with Crippen LogP contribution in [0, 0.1) is 17.3 Å². The molecular weight excluding hydrogens is 152 g/mol. The molecule has 0 saturated heterocycles. The van der Waals surface area contributed by atoms with Crippen LogP contribution in [0.5, 0.6) is 0 Å². The normalized spacial score (nSPS) is 33.2. The standard InChI is InChI=1S/C10H16O2/c1-5-6(2)7-8(9(11)12)10(7,3)4/h5,7-8H,1-4H3,(H,11,12). The molecule has 0 aromatic heterocycles. The third-order valence-corrected chi connectivity index (χ3v) is 3.04. The molecule has 0 aliphatic heterocycles. The minimum absolute atomic E-state index is 0.0393. The van der Waals surface area contributed by atoms with Gasteiger partial charge in [0.1, 0.15) is 0 Å². The summed E-state index contributed by atoms with van der Waals surface area (Å²) < 4.78 is 0. The van der Waals surface area contributed by atoms with Gasteiger partial charge in [-0.2, -0.15) is 0 Å². The Morgan fingerprint density at radius 1 is 1.42 bits per heavy atom. The Bertz CT molecular complexity index is 238. The van der Waals surface area contributed by atoms with Crippen LogP contribution in [-0.2, 0) is 4.79 Å². The van der Waals surface area contributed by atoms with Gasteiger partial charge in [-0.05, 0) is 25.2 Å². The molecule has 1 rings (SSSR count). The number of carboxylic acids is 1. The van der Waals surface area contributed by atoms with Crippen molar-refractivity contribution in [3.05, 3.63) is 11.6 Å². The third-order valence-electron chi connectivity index (χ3n) is 3.04. The minimum Gasteiger partial charge on any atom is -0.481 e. The van der Waals surface area contributed by atoms with Crippen LogP contribution >= 0.6 is 0 Å². The molecule has 0 aromatic carbocycles. The summed E-state index contributed by atoms with van der Waals surface area (Å²) in [6.45, 7) is 8.00. The summed E-state index contributed by atoms with van der Waals surface area (Å²) in [7, 11) is 0. The quantitative estimate of drug-likeness (QED) is 0.642. The number of carbonyl (C=O) groups is 1. The summed E-state index contributed by atoms with van der Waals surface area (Å²) in [4.78, 5) is 10.8. The first-order valence-corrected chi connectivity index (χ1v) is 4.28. The molecule has 68 valence electrons. The number of rotatable bonds is 2. The predicted molar refractivity (Wildman–Crippen MR) is 47.8 cm³/mol. The molecule has 0 amide bonds. The van der Waals surface area contributed by atoms with E-state index < -0.39 is 5.97 Å². The maximum Gasteiger partial charge on any atom is 0.307 e. The van der Waals surface area contributed by atoms with Gasteiger partial charge in [-0.3, -0.25) is 4.79 Å². The van der Waals surface area contributed by atoms with E-state index in [1.165, 1.54) is 5.57 Å². The second-order valence-electron chi connectivity index (χ2n) is 4.15. The van der Waals surface area contributed by atoms with Crippen LogP contribution in [0.15, 0.2) is 11.6 Å². The Morgan fingerprint density at radius 3 is 2.17 bits per heavy atom. The van der Waals surface area contributed by atoms with Gasteiger partial charge in [0, 0.05) is 0 Å². The smallest absolute Gasteiger partial charge is 0.307 e. The van der Waals surface area contributed by atoms with Gasteiger partial charge in [-0.25, -0.2) is 0 Å². The average molecular weight is 168 g/mol. The number of hydrogen-bond donors (Lipinski definition) is 1. The van der Waals surface area contributed by atoms with E-state index in [4.69, 9.17) is 5.11 Å². The Labute approximate surface area is 73.3 Å². The van der Waals surface area contributed by atoms with E-state index in [1.54, 1.807) is 0 Å². The molecule has 1 saturated carbocycles. The summed E-state index contributed by atoms with van der Waals surface area (Å²) in [5.41, 5.74) is 1.16. The molecule has 0 heterocycles. The zero-order valence-electron chi connectivity index (χ0n) is 8.09. The number of carboxylic acid groups (broad SMARTS) is 1. The predicted octanol–water partition coefficient (Wildman–Crippen LogP) is 2.31. The Kier molecular flexibility index (Phi) is 2.02. The fourth-order valence-electron chi connectivity index (χ4n) is 2.13. The van der Waals surface area contributed by atoms with Crippen molar-refractivity contribution in [3.63, 3.8) is 0 Å². The SMILES string of the molecule is CC=C(C)C1C(C(=O)O)C1(C)C. The molecule has 0 radical (unpaired) electrons.